The van der Waals surface area contributed by atoms with E-state index in [9.17, 15) is 0 Å². The fraction of sp³-hybridized carbons (Fsp3) is 0.917. The average molecular weight is 211 g/mol. The first kappa shape index (κ1) is 12.3. The fourth-order valence-corrected chi connectivity index (χ4v) is 2.33. The Hall–Kier alpha value is -0.730. The summed E-state index contributed by atoms with van der Waals surface area (Å²) in [5, 5.41) is 0. The number of hydrogen-bond donors (Lipinski definition) is 1. The molecule has 1 aliphatic rings. The molecule has 1 fully saturated rings. The normalized spacial score (nSPS) is 25.2. The maximum absolute atomic E-state index is 5.85. The highest BCUT2D eigenvalue weighted by molar-refractivity contribution is 5.77. The van der Waals surface area contributed by atoms with E-state index in [1.54, 1.807) is 7.05 Å². The Bertz CT molecular complexity index is 228. The topological polar surface area (TPSA) is 41.6 Å². The van der Waals surface area contributed by atoms with Crippen molar-refractivity contribution in [3.05, 3.63) is 0 Å². The summed E-state index contributed by atoms with van der Waals surface area (Å²) in [5.41, 5.74) is 6.27. The van der Waals surface area contributed by atoms with Gasteiger partial charge in [-0.15, -0.1) is 0 Å². The van der Waals surface area contributed by atoms with Crippen molar-refractivity contribution in [3.8, 4) is 0 Å². The molecule has 1 heterocycles. The van der Waals surface area contributed by atoms with Crippen LogP contribution in [0.15, 0.2) is 4.99 Å². The first-order valence-electron chi connectivity index (χ1n) is 5.92. The Morgan fingerprint density at radius 2 is 1.93 bits per heavy atom. The van der Waals surface area contributed by atoms with Crippen LogP contribution in [-0.2, 0) is 0 Å². The van der Waals surface area contributed by atoms with Crippen molar-refractivity contribution < 1.29 is 0 Å². The van der Waals surface area contributed by atoms with Gasteiger partial charge in [0.05, 0.1) is 0 Å². The van der Waals surface area contributed by atoms with Crippen LogP contribution >= 0.6 is 0 Å². The van der Waals surface area contributed by atoms with Crippen LogP contribution in [0.5, 0.6) is 0 Å². The lowest BCUT2D eigenvalue weighted by molar-refractivity contribution is 0.216. The predicted molar refractivity (Wildman–Crippen MR) is 65.9 cm³/mol. The lowest BCUT2D eigenvalue weighted by Crippen LogP contribution is -2.38. The van der Waals surface area contributed by atoms with Gasteiger partial charge in [-0.2, -0.15) is 0 Å². The van der Waals surface area contributed by atoms with E-state index in [0.29, 0.717) is 11.4 Å². The van der Waals surface area contributed by atoms with E-state index in [2.05, 4.69) is 30.7 Å². The second kappa shape index (κ2) is 4.86. The van der Waals surface area contributed by atoms with Crippen molar-refractivity contribution in [3.63, 3.8) is 0 Å². The molecule has 0 aromatic rings. The van der Waals surface area contributed by atoms with E-state index < -0.39 is 0 Å². The molecule has 0 aromatic heterocycles. The van der Waals surface area contributed by atoms with Gasteiger partial charge in [-0.05, 0) is 30.6 Å². The molecule has 1 saturated heterocycles. The van der Waals surface area contributed by atoms with Gasteiger partial charge in [-0.1, -0.05) is 20.8 Å². The van der Waals surface area contributed by atoms with Gasteiger partial charge in [-0.25, -0.2) is 0 Å². The molecular weight excluding hydrogens is 186 g/mol. The fourth-order valence-electron chi connectivity index (χ4n) is 2.33. The summed E-state index contributed by atoms with van der Waals surface area (Å²) in [6.45, 7) is 9.14. The summed E-state index contributed by atoms with van der Waals surface area (Å²) in [6, 6.07) is 0. The second-order valence-electron chi connectivity index (χ2n) is 5.56. The summed E-state index contributed by atoms with van der Waals surface area (Å²) in [4.78, 5) is 6.28. The molecule has 3 nitrogen and oxygen atoms in total. The number of aliphatic imine (C=N–C) groups is 1. The molecule has 2 N–H and O–H groups in total. The number of likely N-dealkylation sites (tertiary alicyclic amines) is 1. The van der Waals surface area contributed by atoms with Crippen LogP contribution in [0.4, 0.5) is 0 Å². The van der Waals surface area contributed by atoms with E-state index in [0.717, 1.165) is 19.0 Å². The molecule has 1 atom stereocenters. The van der Waals surface area contributed by atoms with E-state index in [1.807, 2.05) is 0 Å². The zero-order valence-corrected chi connectivity index (χ0v) is 10.6. The first-order valence-corrected chi connectivity index (χ1v) is 5.92. The van der Waals surface area contributed by atoms with E-state index in [1.165, 1.54) is 19.3 Å². The molecule has 0 saturated carbocycles. The number of rotatable bonds is 0. The molecule has 0 aliphatic carbocycles. The summed E-state index contributed by atoms with van der Waals surface area (Å²) in [5.74, 6) is 1.51. The van der Waals surface area contributed by atoms with Gasteiger partial charge in [0.15, 0.2) is 5.96 Å². The highest BCUT2D eigenvalue weighted by Crippen LogP contribution is 2.34. The third-order valence-corrected chi connectivity index (χ3v) is 3.51. The molecule has 0 amide bonds. The monoisotopic (exact) mass is 211 g/mol. The predicted octanol–water partition coefficient (Wildman–Crippen LogP) is 2.08. The van der Waals surface area contributed by atoms with Crippen molar-refractivity contribution in [2.75, 3.05) is 20.1 Å². The zero-order valence-electron chi connectivity index (χ0n) is 10.6. The largest absolute Gasteiger partial charge is 0.370 e. The van der Waals surface area contributed by atoms with Crippen molar-refractivity contribution in [2.45, 2.75) is 40.0 Å². The molecule has 1 aliphatic heterocycles. The maximum atomic E-state index is 5.85. The van der Waals surface area contributed by atoms with Crippen LogP contribution in [0.2, 0.25) is 0 Å². The molecule has 1 rings (SSSR count). The number of hydrogen-bond acceptors (Lipinski definition) is 1. The molecule has 0 spiro atoms. The van der Waals surface area contributed by atoms with Crippen molar-refractivity contribution in [1.29, 1.82) is 0 Å². The number of guanidine groups is 1. The van der Waals surface area contributed by atoms with Gasteiger partial charge in [0.1, 0.15) is 0 Å². The average Bonchev–Trinajstić information content (AvgIpc) is 2.40. The van der Waals surface area contributed by atoms with Crippen LogP contribution in [-0.4, -0.2) is 31.0 Å². The Morgan fingerprint density at radius 1 is 1.27 bits per heavy atom. The van der Waals surface area contributed by atoms with Crippen molar-refractivity contribution in [1.82, 2.24) is 4.90 Å². The van der Waals surface area contributed by atoms with E-state index in [-0.39, 0.29) is 0 Å². The zero-order chi connectivity index (χ0) is 11.5. The third-order valence-electron chi connectivity index (χ3n) is 3.51. The Balaban J connectivity index is 2.56. The molecule has 15 heavy (non-hydrogen) atoms. The number of nitrogens with zero attached hydrogens (tertiary/aromatic N) is 2. The second-order valence-corrected chi connectivity index (χ2v) is 5.56. The van der Waals surface area contributed by atoms with Crippen LogP contribution < -0.4 is 5.73 Å². The van der Waals surface area contributed by atoms with Crippen LogP contribution in [0.3, 0.4) is 0 Å². The maximum Gasteiger partial charge on any atom is 0.190 e. The van der Waals surface area contributed by atoms with Gasteiger partial charge in [0.25, 0.3) is 0 Å². The Kier molecular flexibility index (Phi) is 4.00. The van der Waals surface area contributed by atoms with Crippen molar-refractivity contribution in [2.24, 2.45) is 22.1 Å². The molecular formula is C12H25N3. The smallest absolute Gasteiger partial charge is 0.190 e. The SMILES string of the molecule is CN=C(N)N1CCCC(C(C)(C)C)CC1. The quantitative estimate of drug-likeness (QED) is 0.492. The molecule has 0 radical (unpaired) electrons. The van der Waals surface area contributed by atoms with Crippen molar-refractivity contribution >= 4 is 5.96 Å². The van der Waals surface area contributed by atoms with Gasteiger partial charge >= 0.3 is 0 Å². The number of nitrogens with two attached hydrogens (primary N) is 1. The van der Waals surface area contributed by atoms with E-state index >= 15 is 0 Å². The highest BCUT2D eigenvalue weighted by Gasteiger charge is 2.27. The first-order chi connectivity index (χ1) is 6.95. The van der Waals surface area contributed by atoms with Crippen LogP contribution in [0.25, 0.3) is 0 Å². The Morgan fingerprint density at radius 3 is 2.47 bits per heavy atom. The van der Waals surface area contributed by atoms with Gasteiger partial charge < -0.3 is 10.6 Å². The lowest BCUT2D eigenvalue weighted by Gasteiger charge is -2.29. The minimum absolute atomic E-state index is 0.425. The summed E-state index contributed by atoms with van der Waals surface area (Å²) in [6.07, 6.45) is 3.79. The molecule has 1 unspecified atom stereocenters. The highest BCUT2D eigenvalue weighted by atomic mass is 15.2. The van der Waals surface area contributed by atoms with Crippen LogP contribution in [0, 0.1) is 11.3 Å². The summed E-state index contributed by atoms with van der Waals surface area (Å²) >= 11 is 0. The Labute approximate surface area is 93.7 Å². The van der Waals surface area contributed by atoms with Crippen LogP contribution in [0.1, 0.15) is 40.0 Å². The minimum Gasteiger partial charge on any atom is -0.370 e. The molecule has 0 aromatic carbocycles. The lowest BCUT2D eigenvalue weighted by atomic mass is 9.77. The van der Waals surface area contributed by atoms with Gasteiger partial charge in [0.2, 0.25) is 0 Å². The van der Waals surface area contributed by atoms with E-state index in [4.69, 9.17) is 5.73 Å². The summed E-state index contributed by atoms with van der Waals surface area (Å²) in [7, 11) is 1.77. The molecule has 88 valence electrons. The standard InChI is InChI=1S/C12H25N3/c1-12(2,3)10-6-5-8-15(9-7-10)11(13)14-4/h10H,5-9H2,1-4H3,(H2,13,14). The minimum atomic E-state index is 0.425. The molecule has 3 heteroatoms. The van der Waals surface area contributed by atoms with Gasteiger partial charge in [-0.3, -0.25) is 4.99 Å². The van der Waals surface area contributed by atoms with Gasteiger partial charge in [0, 0.05) is 20.1 Å². The molecule has 0 bridgehead atoms. The summed E-state index contributed by atoms with van der Waals surface area (Å²) < 4.78 is 0. The third kappa shape index (κ3) is 3.40.